The van der Waals surface area contributed by atoms with Gasteiger partial charge in [-0.2, -0.15) is 0 Å². The second-order valence-electron chi connectivity index (χ2n) is 3.39. The third kappa shape index (κ3) is 1.22. The number of fused-ring (bicyclic) bond motifs is 1. The zero-order chi connectivity index (χ0) is 11.3. The van der Waals surface area contributed by atoms with Crippen molar-refractivity contribution < 1.29 is 0 Å². The first-order chi connectivity index (χ1) is 7.66. The van der Waals surface area contributed by atoms with E-state index in [2.05, 4.69) is 9.97 Å². The molecule has 3 aromatic rings. The standard InChI is InChI=1S/C9H8N4OS2/c1-4-6(16-9(14)12-4)5-2-15-8-7(10)11-3-13(5)8/h2-3H,10H2,1H3,(H,12,14). The van der Waals surface area contributed by atoms with Crippen LogP contribution >= 0.6 is 22.7 Å². The molecule has 5 nitrogen and oxygen atoms in total. The predicted molar refractivity (Wildman–Crippen MR) is 66.2 cm³/mol. The number of nitrogens with two attached hydrogens (primary N) is 1. The van der Waals surface area contributed by atoms with Gasteiger partial charge in [0.05, 0.1) is 10.6 Å². The maximum atomic E-state index is 11.3. The molecule has 0 fully saturated rings. The second kappa shape index (κ2) is 3.19. The molecule has 3 aromatic heterocycles. The number of H-pyrrole nitrogens is 1. The largest absolute Gasteiger partial charge is 0.381 e. The first kappa shape index (κ1) is 9.61. The smallest absolute Gasteiger partial charge is 0.305 e. The van der Waals surface area contributed by atoms with E-state index >= 15 is 0 Å². The highest BCUT2D eigenvalue weighted by Crippen LogP contribution is 2.31. The fraction of sp³-hybridized carbons (Fsp3) is 0.111. The highest BCUT2D eigenvalue weighted by atomic mass is 32.1. The summed E-state index contributed by atoms with van der Waals surface area (Å²) in [4.78, 5) is 19.9. The number of nitrogen functional groups attached to an aromatic ring is 1. The molecule has 0 aromatic carbocycles. The lowest BCUT2D eigenvalue weighted by molar-refractivity contribution is 1.17. The number of hydrogen-bond acceptors (Lipinski definition) is 5. The van der Waals surface area contributed by atoms with E-state index in [4.69, 9.17) is 5.73 Å². The third-order valence-corrected chi connectivity index (χ3v) is 4.33. The number of aryl methyl sites for hydroxylation is 1. The minimum atomic E-state index is -0.0417. The van der Waals surface area contributed by atoms with Crippen LogP contribution in [-0.2, 0) is 0 Å². The molecule has 7 heteroatoms. The van der Waals surface area contributed by atoms with Gasteiger partial charge in [0.1, 0.15) is 11.2 Å². The van der Waals surface area contributed by atoms with Crippen molar-refractivity contribution in [2.75, 3.05) is 5.73 Å². The molecule has 0 aliphatic rings. The SMILES string of the molecule is Cc1[nH]c(=O)sc1-c1csc2c(N)ncn12. The average Bonchev–Trinajstić information content (AvgIpc) is 2.85. The Bertz CT molecular complexity index is 717. The summed E-state index contributed by atoms with van der Waals surface area (Å²) in [6.07, 6.45) is 1.68. The van der Waals surface area contributed by atoms with Gasteiger partial charge in [0, 0.05) is 11.1 Å². The van der Waals surface area contributed by atoms with Crippen molar-refractivity contribution in [1.82, 2.24) is 14.4 Å². The van der Waals surface area contributed by atoms with Crippen molar-refractivity contribution in [3.05, 3.63) is 27.1 Å². The molecule has 3 heterocycles. The third-order valence-electron chi connectivity index (χ3n) is 2.35. The number of rotatable bonds is 1. The van der Waals surface area contributed by atoms with E-state index in [1.807, 2.05) is 16.7 Å². The van der Waals surface area contributed by atoms with Gasteiger partial charge in [0.25, 0.3) is 0 Å². The molecule has 0 unspecified atom stereocenters. The number of anilines is 1. The van der Waals surface area contributed by atoms with Crippen LogP contribution < -0.4 is 10.6 Å². The van der Waals surface area contributed by atoms with Gasteiger partial charge in [0.15, 0.2) is 5.82 Å². The number of imidazole rings is 1. The van der Waals surface area contributed by atoms with Crippen LogP contribution in [0.4, 0.5) is 5.82 Å². The fourth-order valence-electron chi connectivity index (χ4n) is 1.62. The Morgan fingerprint density at radius 2 is 2.38 bits per heavy atom. The van der Waals surface area contributed by atoms with E-state index in [1.165, 1.54) is 22.7 Å². The van der Waals surface area contributed by atoms with Gasteiger partial charge in [-0.05, 0) is 6.92 Å². The van der Waals surface area contributed by atoms with Crippen molar-refractivity contribution in [3.8, 4) is 10.6 Å². The van der Waals surface area contributed by atoms with E-state index in [9.17, 15) is 4.79 Å². The van der Waals surface area contributed by atoms with E-state index in [0.29, 0.717) is 5.82 Å². The van der Waals surface area contributed by atoms with Crippen molar-refractivity contribution in [2.24, 2.45) is 0 Å². The quantitative estimate of drug-likeness (QED) is 0.692. The Morgan fingerprint density at radius 1 is 1.56 bits per heavy atom. The Labute approximate surface area is 98.2 Å². The van der Waals surface area contributed by atoms with Crippen LogP contribution in [0, 0.1) is 6.92 Å². The number of hydrogen-bond donors (Lipinski definition) is 2. The number of thiazole rings is 2. The molecular weight excluding hydrogens is 244 g/mol. The van der Waals surface area contributed by atoms with Crippen molar-refractivity contribution in [3.63, 3.8) is 0 Å². The topological polar surface area (TPSA) is 76.2 Å². The molecule has 82 valence electrons. The van der Waals surface area contributed by atoms with E-state index in [1.54, 1.807) is 6.33 Å². The molecule has 0 aliphatic heterocycles. The molecule has 0 amide bonds. The number of aromatic amines is 1. The van der Waals surface area contributed by atoms with Gasteiger partial charge in [-0.1, -0.05) is 11.3 Å². The lowest BCUT2D eigenvalue weighted by Gasteiger charge is -1.95. The van der Waals surface area contributed by atoms with E-state index in [-0.39, 0.29) is 4.87 Å². The fourth-order valence-corrected chi connectivity index (χ4v) is 3.44. The Kier molecular flexibility index (Phi) is 1.92. The summed E-state index contributed by atoms with van der Waals surface area (Å²) < 4.78 is 1.91. The number of aromatic nitrogens is 3. The maximum Gasteiger partial charge on any atom is 0.305 e. The summed E-state index contributed by atoms with van der Waals surface area (Å²) in [7, 11) is 0. The van der Waals surface area contributed by atoms with Crippen LogP contribution in [0.25, 0.3) is 15.4 Å². The van der Waals surface area contributed by atoms with Crippen LogP contribution in [0.1, 0.15) is 5.69 Å². The molecule has 0 saturated carbocycles. The minimum absolute atomic E-state index is 0.0417. The van der Waals surface area contributed by atoms with Gasteiger partial charge in [0.2, 0.25) is 0 Å². The van der Waals surface area contributed by atoms with Gasteiger partial charge in [-0.15, -0.1) is 11.3 Å². The summed E-state index contributed by atoms with van der Waals surface area (Å²) >= 11 is 2.73. The van der Waals surface area contributed by atoms with Crippen LogP contribution in [0.5, 0.6) is 0 Å². The molecule has 0 radical (unpaired) electrons. The summed E-state index contributed by atoms with van der Waals surface area (Å²) in [5.74, 6) is 0.525. The van der Waals surface area contributed by atoms with Crippen LogP contribution in [0.15, 0.2) is 16.5 Å². The molecule has 16 heavy (non-hydrogen) atoms. The Balaban J connectivity index is 2.34. The average molecular weight is 252 g/mol. The maximum absolute atomic E-state index is 11.3. The summed E-state index contributed by atoms with van der Waals surface area (Å²) in [6.45, 7) is 1.89. The Morgan fingerprint density at radius 3 is 3.06 bits per heavy atom. The molecule has 0 aliphatic carbocycles. The molecule has 3 N–H and O–H groups in total. The van der Waals surface area contributed by atoms with Crippen LogP contribution in [0.3, 0.4) is 0 Å². The molecule has 0 bridgehead atoms. The molecule has 0 spiro atoms. The highest BCUT2D eigenvalue weighted by molar-refractivity contribution is 7.17. The first-order valence-corrected chi connectivity index (χ1v) is 6.26. The van der Waals surface area contributed by atoms with Crippen LogP contribution in [0.2, 0.25) is 0 Å². The van der Waals surface area contributed by atoms with Crippen molar-refractivity contribution in [2.45, 2.75) is 6.92 Å². The second-order valence-corrected chi connectivity index (χ2v) is 5.24. The van der Waals surface area contributed by atoms with Gasteiger partial charge in [-0.25, -0.2) is 4.98 Å². The lowest BCUT2D eigenvalue weighted by atomic mass is 10.3. The van der Waals surface area contributed by atoms with Gasteiger partial charge >= 0.3 is 4.87 Å². The predicted octanol–water partition coefficient (Wildman–Crippen LogP) is 1.70. The molecule has 0 saturated heterocycles. The number of nitrogens with one attached hydrogen (secondary N) is 1. The van der Waals surface area contributed by atoms with Gasteiger partial charge in [-0.3, -0.25) is 9.20 Å². The monoisotopic (exact) mass is 252 g/mol. The molecule has 3 rings (SSSR count). The van der Waals surface area contributed by atoms with E-state index in [0.717, 1.165) is 21.1 Å². The van der Waals surface area contributed by atoms with Gasteiger partial charge < -0.3 is 10.7 Å². The lowest BCUT2D eigenvalue weighted by Crippen LogP contribution is -1.91. The zero-order valence-corrected chi connectivity index (χ0v) is 9.98. The zero-order valence-electron chi connectivity index (χ0n) is 8.35. The molecular formula is C9H8N4OS2. The van der Waals surface area contributed by atoms with Crippen LogP contribution in [-0.4, -0.2) is 14.4 Å². The first-order valence-electron chi connectivity index (χ1n) is 4.57. The van der Waals surface area contributed by atoms with E-state index < -0.39 is 0 Å². The summed E-state index contributed by atoms with van der Waals surface area (Å²) in [5.41, 5.74) is 7.56. The summed E-state index contributed by atoms with van der Waals surface area (Å²) in [5, 5.41) is 1.99. The normalized spacial score (nSPS) is 11.3. The Hall–Kier alpha value is -1.60. The van der Waals surface area contributed by atoms with Crippen molar-refractivity contribution in [1.29, 1.82) is 0 Å². The summed E-state index contributed by atoms with van der Waals surface area (Å²) in [6, 6.07) is 0. The highest BCUT2D eigenvalue weighted by Gasteiger charge is 2.13. The minimum Gasteiger partial charge on any atom is -0.381 e. The number of nitrogens with zero attached hydrogens (tertiary/aromatic N) is 2. The van der Waals surface area contributed by atoms with Crippen molar-refractivity contribution >= 4 is 33.3 Å². The molecule has 0 atom stereocenters.